The SMILES string of the molecule is O=C(O)C1(C(=O)O)CCCCC12CCCCCC2. The predicted octanol–water partition coefficient (Wildman–Crippen LogP) is 3.06. The maximum Gasteiger partial charge on any atom is 0.321 e. The zero-order chi connectivity index (χ0) is 13.2. The third-order valence-electron chi connectivity index (χ3n) is 5.15. The predicted molar refractivity (Wildman–Crippen MR) is 66.3 cm³/mol. The van der Waals surface area contributed by atoms with E-state index in [1.54, 1.807) is 0 Å². The van der Waals surface area contributed by atoms with Gasteiger partial charge in [0.1, 0.15) is 0 Å². The van der Waals surface area contributed by atoms with Crippen LogP contribution in [0.1, 0.15) is 64.2 Å². The Morgan fingerprint density at radius 2 is 1.06 bits per heavy atom. The molecule has 2 aliphatic carbocycles. The quantitative estimate of drug-likeness (QED) is 0.743. The van der Waals surface area contributed by atoms with Crippen molar-refractivity contribution >= 4 is 11.9 Å². The normalized spacial score (nSPS) is 26.4. The van der Waals surface area contributed by atoms with Crippen LogP contribution in [-0.2, 0) is 9.59 Å². The van der Waals surface area contributed by atoms with Gasteiger partial charge in [-0.2, -0.15) is 0 Å². The smallest absolute Gasteiger partial charge is 0.321 e. The molecule has 4 nitrogen and oxygen atoms in total. The van der Waals surface area contributed by atoms with Crippen LogP contribution in [0.5, 0.6) is 0 Å². The molecule has 2 aliphatic rings. The van der Waals surface area contributed by atoms with Crippen LogP contribution in [0.25, 0.3) is 0 Å². The van der Waals surface area contributed by atoms with Crippen molar-refractivity contribution in [2.75, 3.05) is 0 Å². The topological polar surface area (TPSA) is 74.6 Å². The zero-order valence-electron chi connectivity index (χ0n) is 10.8. The molecule has 2 saturated carbocycles. The van der Waals surface area contributed by atoms with Crippen LogP contribution in [0.4, 0.5) is 0 Å². The van der Waals surface area contributed by atoms with E-state index in [9.17, 15) is 19.8 Å². The Balaban J connectivity index is 2.44. The molecule has 0 radical (unpaired) electrons. The molecule has 2 fully saturated rings. The summed E-state index contributed by atoms with van der Waals surface area (Å²) < 4.78 is 0. The Morgan fingerprint density at radius 1 is 0.667 bits per heavy atom. The van der Waals surface area contributed by atoms with Gasteiger partial charge < -0.3 is 10.2 Å². The molecule has 0 aromatic carbocycles. The van der Waals surface area contributed by atoms with Crippen molar-refractivity contribution in [3.05, 3.63) is 0 Å². The summed E-state index contributed by atoms with van der Waals surface area (Å²) in [6.45, 7) is 0. The summed E-state index contributed by atoms with van der Waals surface area (Å²) in [5.74, 6) is -2.23. The molecule has 4 heteroatoms. The van der Waals surface area contributed by atoms with Crippen LogP contribution in [0, 0.1) is 10.8 Å². The molecule has 0 aromatic heterocycles. The van der Waals surface area contributed by atoms with Gasteiger partial charge in [-0.3, -0.25) is 9.59 Å². The highest BCUT2D eigenvalue weighted by Gasteiger charge is 2.62. The van der Waals surface area contributed by atoms with Crippen LogP contribution >= 0.6 is 0 Å². The van der Waals surface area contributed by atoms with Gasteiger partial charge in [0, 0.05) is 0 Å². The summed E-state index contributed by atoms with van der Waals surface area (Å²) in [5, 5.41) is 19.2. The van der Waals surface area contributed by atoms with E-state index < -0.39 is 22.8 Å². The molecule has 0 atom stereocenters. The molecule has 0 bridgehead atoms. The van der Waals surface area contributed by atoms with E-state index in [1.807, 2.05) is 0 Å². The molecule has 0 aliphatic heterocycles. The number of carboxylic acids is 2. The standard InChI is InChI=1S/C14H22O4/c15-11(16)14(12(17)18)10-6-5-9-13(14)7-3-1-2-4-8-13/h1-10H2,(H,15,16)(H,17,18). The molecule has 18 heavy (non-hydrogen) atoms. The maximum absolute atomic E-state index is 11.7. The first-order chi connectivity index (χ1) is 8.55. The van der Waals surface area contributed by atoms with Crippen molar-refractivity contribution in [2.24, 2.45) is 10.8 Å². The first-order valence-electron chi connectivity index (χ1n) is 7.02. The number of carbonyl (C=O) groups is 2. The minimum atomic E-state index is -1.53. The Hall–Kier alpha value is -1.06. The lowest BCUT2D eigenvalue weighted by Crippen LogP contribution is -2.55. The average Bonchev–Trinajstić information content (AvgIpc) is 2.55. The van der Waals surface area contributed by atoms with Crippen molar-refractivity contribution in [3.8, 4) is 0 Å². The van der Waals surface area contributed by atoms with Crippen molar-refractivity contribution in [2.45, 2.75) is 64.2 Å². The van der Waals surface area contributed by atoms with Crippen molar-refractivity contribution < 1.29 is 19.8 Å². The minimum Gasteiger partial charge on any atom is -0.480 e. The molecule has 102 valence electrons. The summed E-state index contributed by atoms with van der Waals surface area (Å²) in [7, 11) is 0. The van der Waals surface area contributed by atoms with Gasteiger partial charge in [-0.15, -0.1) is 0 Å². The highest BCUT2D eigenvalue weighted by atomic mass is 16.4. The van der Waals surface area contributed by atoms with Gasteiger partial charge in [-0.05, 0) is 31.1 Å². The second-order valence-electron chi connectivity index (χ2n) is 5.92. The lowest BCUT2D eigenvalue weighted by molar-refractivity contribution is -0.182. The summed E-state index contributed by atoms with van der Waals surface area (Å²) in [4.78, 5) is 23.4. The van der Waals surface area contributed by atoms with Crippen molar-refractivity contribution in [1.82, 2.24) is 0 Å². The highest BCUT2D eigenvalue weighted by molar-refractivity contribution is 5.99. The molecule has 2 rings (SSSR count). The van der Waals surface area contributed by atoms with Gasteiger partial charge in [0.15, 0.2) is 5.41 Å². The molecular weight excluding hydrogens is 232 g/mol. The van der Waals surface area contributed by atoms with Crippen LogP contribution in [0.15, 0.2) is 0 Å². The summed E-state index contributed by atoms with van der Waals surface area (Å²) in [6.07, 6.45) is 8.47. The molecule has 1 spiro atoms. The molecule has 0 amide bonds. The van der Waals surface area contributed by atoms with E-state index in [1.165, 1.54) is 0 Å². The second kappa shape index (κ2) is 4.90. The zero-order valence-corrected chi connectivity index (χ0v) is 10.8. The average molecular weight is 254 g/mol. The Labute approximate surface area is 107 Å². The third-order valence-corrected chi connectivity index (χ3v) is 5.15. The number of carboxylic acid groups (broad SMARTS) is 2. The highest BCUT2D eigenvalue weighted by Crippen LogP contribution is 2.57. The van der Waals surface area contributed by atoms with Crippen molar-refractivity contribution in [3.63, 3.8) is 0 Å². The fourth-order valence-electron chi connectivity index (χ4n) is 4.17. The third kappa shape index (κ3) is 1.82. The minimum absolute atomic E-state index is 0.303. The Bertz CT molecular complexity index is 326. The molecule has 0 unspecified atom stereocenters. The first-order valence-corrected chi connectivity index (χ1v) is 7.02. The van der Waals surface area contributed by atoms with Gasteiger partial charge in [0.05, 0.1) is 0 Å². The second-order valence-corrected chi connectivity index (χ2v) is 5.92. The van der Waals surface area contributed by atoms with Gasteiger partial charge in [-0.25, -0.2) is 0 Å². The molecule has 2 N–H and O–H groups in total. The molecule has 0 aromatic rings. The van der Waals surface area contributed by atoms with E-state index in [2.05, 4.69) is 0 Å². The van der Waals surface area contributed by atoms with Crippen LogP contribution in [0.2, 0.25) is 0 Å². The lowest BCUT2D eigenvalue weighted by atomic mass is 9.53. The number of hydrogen-bond acceptors (Lipinski definition) is 2. The van der Waals surface area contributed by atoms with Gasteiger partial charge in [0.25, 0.3) is 0 Å². The van der Waals surface area contributed by atoms with Crippen LogP contribution < -0.4 is 0 Å². The fraction of sp³-hybridized carbons (Fsp3) is 0.857. The van der Waals surface area contributed by atoms with Gasteiger partial charge in [-0.1, -0.05) is 38.5 Å². The van der Waals surface area contributed by atoms with E-state index in [0.29, 0.717) is 6.42 Å². The summed E-state index contributed by atoms with van der Waals surface area (Å²) >= 11 is 0. The maximum atomic E-state index is 11.7. The first kappa shape index (κ1) is 13.4. The van der Waals surface area contributed by atoms with E-state index >= 15 is 0 Å². The molecular formula is C14H22O4. The number of hydrogen-bond donors (Lipinski definition) is 2. The Kier molecular flexibility index (Phi) is 3.64. The van der Waals surface area contributed by atoms with E-state index in [0.717, 1.165) is 57.8 Å². The molecule has 0 saturated heterocycles. The summed E-state index contributed by atoms with van der Waals surface area (Å²) in [5.41, 5.74) is -2.03. The van der Waals surface area contributed by atoms with Gasteiger partial charge in [0.2, 0.25) is 0 Å². The largest absolute Gasteiger partial charge is 0.480 e. The summed E-state index contributed by atoms with van der Waals surface area (Å²) in [6, 6.07) is 0. The monoisotopic (exact) mass is 254 g/mol. The van der Waals surface area contributed by atoms with E-state index in [-0.39, 0.29) is 0 Å². The lowest BCUT2D eigenvalue weighted by Gasteiger charge is -2.48. The Morgan fingerprint density at radius 3 is 1.50 bits per heavy atom. The molecule has 0 heterocycles. The van der Waals surface area contributed by atoms with E-state index in [4.69, 9.17) is 0 Å². The fourth-order valence-corrected chi connectivity index (χ4v) is 4.17. The van der Waals surface area contributed by atoms with Crippen molar-refractivity contribution in [1.29, 1.82) is 0 Å². The van der Waals surface area contributed by atoms with Crippen LogP contribution in [-0.4, -0.2) is 22.2 Å². The van der Waals surface area contributed by atoms with Gasteiger partial charge >= 0.3 is 11.9 Å². The van der Waals surface area contributed by atoms with Crippen LogP contribution in [0.3, 0.4) is 0 Å². The number of rotatable bonds is 2. The number of aliphatic carboxylic acids is 2.